The molecule has 1 heterocycles. The first-order chi connectivity index (χ1) is 15.0. The van der Waals surface area contributed by atoms with E-state index < -0.39 is 0 Å². The predicted octanol–water partition coefficient (Wildman–Crippen LogP) is 6.88. The Bertz CT molecular complexity index is 1190. The van der Waals surface area contributed by atoms with Gasteiger partial charge in [-0.15, -0.1) is 0 Å². The first-order valence-electron chi connectivity index (χ1n) is 9.50. The zero-order valence-electron chi connectivity index (χ0n) is 16.6. The number of carbonyl (C=O) groups excluding carboxylic acids is 1. The van der Waals surface area contributed by atoms with Gasteiger partial charge < -0.3 is 10.1 Å². The molecule has 1 N–H and O–H groups in total. The summed E-state index contributed by atoms with van der Waals surface area (Å²) in [5.74, 6) is 0.540. The van der Waals surface area contributed by atoms with Crippen LogP contribution in [0.15, 0.2) is 81.1 Å². The second-order valence-electron chi connectivity index (χ2n) is 6.89. The molecule has 0 bridgehead atoms. The highest BCUT2D eigenvalue weighted by Gasteiger charge is 2.23. The molecule has 7 heteroatoms. The van der Waals surface area contributed by atoms with E-state index >= 15 is 0 Å². The molecule has 0 unspecified atom stereocenters. The molecule has 1 fully saturated rings. The van der Waals surface area contributed by atoms with E-state index in [1.807, 2.05) is 79.7 Å². The van der Waals surface area contributed by atoms with Crippen molar-refractivity contribution in [2.24, 2.45) is 4.99 Å². The summed E-state index contributed by atoms with van der Waals surface area (Å²) in [6.07, 6.45) is 1.83. The van der Waals surface area contributed by atoms with Crippen LogP contribution < -0.4 is 10.1 Å². The molecule has 156 valence electrons. The molecule has 0 spiro atoms. The van der Waals surface area contributed by atoms with Crippen molar-refractivity contribution in [1.29, 1.82) is 0 Å². The minimum Gasteiger partial charge on any atom is -0.488 e. The van der Waals surface area contributed by atoms with Crippen LogP contribution >= 0.6 is 39.3 Å². The monoisotopic (exact) mass is 512 g/mol. The number of nitrogens with one attached hydrogen (secondary N) is 1. The van der Waals surface area contributed by atoms with Gasteiger partial charge in [0.15, 0.2) is 5.17 Å². The number of rotatable bonds is 5. The minimum absolute atomic E-state index is 0.161. The van der Waals surface area contributed by atoms with Crippen LogP contribution in [0.3, 0.4) is 0 Å². The lowest BCUT2D eigenvalue weighted by atomic mass is 10.2. The fourth-order valence-corrected chi connectivity index (χ4v) is 4.41. The van der Waals surface area contributed by atoms with Crippen LogP contribution in [0, 0.1) is 6.92 Å². The molecule has 31 heavy (non-hydrogen) atoms. The van der Waals surface area contributed by atoms with Gasteiger partial charge in [-0.05, 0) is 76.6 Å². The maximum atomic E-state index is 12.3. The molecule has 0 aliphatic carbocycles. The Hall–Kier alpha value is -2.54. The molecule has 1 saturated heterocycles. The largest absolute Gasteiger partial charge is 0.488 e. The van der Waals surface area contributed by atoms with E-state index in [2.05, 4.69) is 26.2 Å². The molecule has 0 saturated carbocycles. The summed E-state index contributed by atoms with van der Waals surface area (Å²) in [7, 11) is 0. The number of amidine groups is 1. The number of aryl methyl sites for hydroxylation is 1. The van der Waals surface area contributed by atoms with Crippen molar-refractivity contribution in [2.75, 3.05) is 0 Å². The Morgan fingerprint density at radius 3 is 2.65 bits per heavy atom. The lowest BCUT2D eigenvalue weighted by molar-refractivity contribution is -0.115. The second kappa shape index (κ2) is 9.73. The highest BCUT2D eigenvalue weighted by Crippen LogP contribution is 2.32. The van der Waals surface area contributed by atoms with Crippen molar-refractivity contribution in [3.05, 3.63) is 97.8 Å². The zero-order valence-corrected chi connectivity index (χ0v) is 19.7. The van der Waals surface area contributed by atoms with E-state index in [1.54, 1.807) is 0 Å². The van der Waals surface area contributed by atoms with Gasteiger partial charge in [0, 0.05) is 10.6 Å². The number of hydrogen-bond donors (Lipinski definition) is 1. The maximum Gasteiger partial charge on any atom is 0.264 e. The average molecular weight is 514 g/mol. The summed E-state index contributed by atoms with van der Waals surface area (Å²) in [5, 5.41) is 4.06. The molecule has 4 nitrogen and oxygen atoms in total. The van der Waals surface area contributed by atoms with E-state index in [9.17, 15) is 4.79 Å². The summed E-state index contributed by atoms with van der Waals surface area (Å²) in [6, 6.07) is 21.1. The Labute approximate surface area is 198 Å². The zero-order chi connectivity index (χ0) is 21.8. The first kappa shape index (κ1) is 21.7. The number of thioether (sulfide) groups is 1. The average Bonchev–Trinajstić information content (AvgIpc) is 3.09. The number of carbonyl (C=O) groups is 1. The summed E-state index contributed by atoms with van der Waals surface area (Å²) in [6.45, 7) is 2.39. The fourth-order valence-electron chi connectivity index (χ4n) is 2.86. The van der Waals surface area contributed by atoms with Gasteiger partial charge in [0.05, 0.1) is 15.1 Å². The van der Waals surface area contributed by atoms with Crippen molar-refractivity contribution >= 4 is 62.1 Å². The standard InChI is InChI=1S/C24H18BrClN2O2S/c1-15-6-9-18(10-7-15)27-24-28-23(29)22(31-24)13-16-8-11-21(19(25)12-16)30-14-17-4-2-3-5-20(17)26/h2-13H,14H2,1H3,(H,27,28,29)/b22-13+. The van der Waals surface area contributed by atoms with Crippen molar-refractivity contribution < 1.29 is 9.53 Å². The van der Waals surface area contributed by atoms with Crippen LogP contribution in [0.2, 0.25) is 5.02 Å². The van der Waals surface area contributed by atoms with Gasteiger partial charge in [0.1, 0.15) is 12.4 Å². The van der Waals surface area contributed by atoms with Crippen molar-refractivity contribution in [1.82, 2.24) is 5.32 Å². The molecular formula is C24H18BrClN2O2S. The van der Waals surface area contributed by atoms with Crippen LogP contribution in [0.4, 0.5) is 5.69 Å². The molecule has 0 aromatic heterocycles. The molecule has 4 rings (SSSR count). The van der Waals surface area contributed by atoms with E-state index in [4.69, 9.17) is 16.3 Å². The van der Waals surface area contributed by atoms with Crippen molar-refractivity contribution in [3.8, 4) is 5.75 Å². The van der Waals surface area contributed by atoms with Gasteiger partial charge in [-0.25, -0.2) is 4.99 Å². The lowest BCUT2D eigenvalue weighted by Crippen LogP contribution is -2.19. The summed E-state index contributed by atoms with van der Waals surface area (Å²) in [4.78, 5) is 17.4. The third-order valence-electron chi connectivity index (χ3n) is 4.51. The van der Waals surface area contributed by atoms with Crippen LogP contribution in [0.25, 0.3) is 6.08 Å². The van der Waals surface area contributed by atoms with Crippen LogP contribution in [-0.4, -0.2) is 11.1 Å². The van der Waals surface area contributed by atoms with Gasteiger partial charge in [0.25, 0.3) is 5.91 Å². The molecular weight excluding hydrogens is 496 g/mol. The topological polar surface area (TPSA) is 50.7 Å². The van der Waals surface area contributed by atoms with Gasteiger partial charge in [0.2, 0.25) is 0 Å². The Morgan fingerprint density at radius 1 is 1.13 bits per heavy atom. The molecule has 1 aliphatic rings. The smallest absolute Gasteiger partial charge is 0.264 e. The quantitative estimate of drug-likeness (QED) is 0.378. The summed E-state index contributed by atoms with van der Waals surface area (Å²) < 4.78 is 6.68. The Kier molecular flexibility index (Phi) is 6.80. The maximum absolute atomic E-state index is 12.3. The third-order valence-corrected chi connectivity index (χ3v) is 6.41. The van der Waals surface area contributed by atoms with Crippen molar-refractivity contribution in [3.63, 3.8) is 0 Å². The fraction of sp³-hybridized carbons (Fsp3) is 0.0833. The second-order valence-corrected chi connectivity index (χ2v) is 9.18. The number of benzene rings is 3. The van der Waals surface area contributed by atoms with Gasteiger partial charge >= 0.3 is 0 Å². The normalized spacial score (nSPS) is 16.0. The first-order valence-corrected chi connectivity index (χ1v) is 11.5. The highest BCUT2D eigenvalue weighted by atomic mass is 79.9. The molecule has 1 amide bonds. The number of nitrogens with zero attached hydrogens (tertiary/aromatic N) is 1. The lowest BCUT2D eigenvalue weighted by Gasteiger charge is -2.10. The van der Waals surface area contributed by atoms with Gasteiger partial charge in [-0.3, -0.25) is 4.79 Å². The van der Waals surface area contributed by atoms with E-state index in [0.717, 1.165) is 26.9 Å². The van der Waals surface area contributed by atoms with Crippen LogP contribution in [0.1, 0.15) is 16.7 Å². The molecule has 0 radical (unpaired) electrons. The predicted molar refractivity (Wildman–Crippen MR) is 132 cm³/mol. The minimum atomic E-state index is -0.161. The van der Waals surface area contributed by atoms with Gasteiger partial charge in [-0.2, -0.15) is 0 Å². The Balaban J connectivity index is 1.46. The van der Waals surface area contributed by atoms with E-state index in [1.165, 1.54) is 11.8 Å². The van der Waals surface area contributed by atoms with Crippen molar-refractivity contribution in [2.45, 2.75) is 13.5 Å². The summed E-state index contributed by atoms with van der Waals surface area (Å²) >= 11 is 11.1. The number of amides is 1. The van der Waals surface area contributed by atoms with E-state index in [-0.39, 0.29) is 5.91 Å². The summed E-state index contributed by atoms with van der Waals surface area (Å²) in [5.41, 5.74) is 3.77. The number of aliphatic imine (C=N–C) groups is 1. The third kappa shape index (κ3) is 5.58. The van der Waals surface area contributed by atoms with Crippen LogP contribution in [-0.2, 0) is 11.4 Å². The Morgan fingerprint density at radius 2 is 1.90 bits per heavy atom. The number of ether oxygens (including phenoxy) is 1. The van der Waals surface area contributed by atoms with Crippen LogP contribution in [0.5, 0.6) is 5.75 Å². The van der Waals surface area contributed by atoms with Gasteiger partial charge in [-0.1, -0.05) is 53.6 Å². The number of halogens is 2. The number of hydrogen-bond acceptors (Lipinski definition) is 4. The molecule has 3 aromatic carbocycles. The highest BCUT2D eigenvalue weighted by molar-refractivity contribution is 9.10. The molecule has 1 aliphatic heterocycles. The molecule has 0 atom stereocenters. The van der Waals surface area contributed by atoms with E-state index in [0.29, 0.717) is 27.5 Å². The molecule has 3 aromatic rings. The SMILES string of the molecule is Cc1ccc(N=C2NC(=O)/C(=C\c3ccc(OCc4ccccc4Cl)c(Br)c3)S2)cc1.